The maximum atomic E-state index is 12.2. The quantitative estimate of drug-likeness (QED) is 0.816. The van der Waals surface area contributed by atoms with Crippen molar-refractivity contribution in [2.75, 3.05) is 31.9 Å². The number of nitrogens with one attached hydrogen (secondary N) is 1. The van der Waals surface area contributed by atoms with Crippen molar-refractivity contribution in [2.24, 2.45) is 5.92 Å². The molecule has 1 amide bonds. The van der Waals surface area contributed by atoms with Crippen molar-refractivity contribution in [1.29, 1.82) is 0 Å². The van der Waals surface area contributed by atoms with E-state index in [1.165, 1.54) is 18.9 Å². The average Bonchev–Trinajstić information content (AvgIpc) is 2.93. The minimum absolute atomic E-state index is 0.234. The number of halogens is 2. The Kier molecular flexibility index (Phi) is 5.73. The van der Waals surface area contributed by atoms with Crippen LogP contribution in [-0.2, 0) is 0 Å². The van der Waals surface area contributed by atoms with E-state index >= 15 is 0 Å². The lowest BCUT2D eigenvalue weighted by Gasteiger charge is -2.20. The standard InChI is InChI=1S/C15H21Cl2N3O/c1-10(9-20-4-2-3-5-20)8-19-15(21)12-6-11(18)7-13(16)14(12)17/h6-7,10H,2-5,8-9,18H2,1H3,(H,19,21). The van der Waals surface area contributed by atoms with E-state index in [1.54, 1.807) is 6.07 Å². The van der Waals surface area contributed by atoms with Crippen LogP contribution in [0.1, 0.15) is 30.1 Å². The van der Waals surface area contributed by atoms with Gasteiger partial charge in [-0.1, -0.05) is 30.1 Å². The number of amides is 1. The Morgan fingerprint density at radius 3 is 2.71 bits per heavy atom. The van der Waals surface area contributed by atoms with E-state index < -0.39 is 0 Å². The Morgan fingerprint density at radius 2 is 2.05 bits per heavy atom. The summed E-state index contributed by atoms with van der Waals surface area (Å²) in [6.07, 6.45) is 2.55. The Bertz CT molecular complexity index is 516. The number of hydrogen-bond donors (Lipinski definition) is 2. The second kappa shape index (κ2) is 7.34. The number of rotatable bonds is 5. The fourth-order valence-electron chi connectivity index (χ4n) is 2.61. The number of nitrogens with two attached hydrogens (primary N) is 1. The molecule has 1 aliphatic heterocycles. The topological polar surface area (TPSA) is 58.4 Å². The molecule has 21 heavy (non-hydrogen) atoms. The van der Waals surface area contributed by atoms with E-state index in [4.69, 9.17) is 28.9 Å². The SMILES string of the molecule is CC(CNC(=O)c1cc(N)cc(Cl)c1Cl)CN1CCCC1. The Hall–Kier alpha value is -0.970. The van der Waals surface area contributed by atoms with Crippen molar-refractivity contribution in [3.05, 3.63) is 27.7 Å². The lowest BCUT2D eigenvalue weighted by molar-refractivity contribution is 0.0945. The summed E-state index contributed by atoms with van der Waals surface area (Å²) in [5, 5.41) is 3.45. The molecule has 0 aliphatic carbocycles. The molecule has 0 bridgehead atoms. The van der Waals surface area contributed by atoms with E-state index in [1.807, 2.05) is 0 Å². The fraction of sp³-hybridized carbons (Fsp3) is 0.533. The first-order valence-electron chi connectivity index (χ1n) is 7.22. The molecule has 0 aromatic heterocycles. The molecule has 1 fully saturated rings. The van der Waals surface area contributed by atoms with E-state index in [0.717, 1.165) is 19.6 Å². The number of likely N-dealkylation sites (tertiary alicyclic amines) is 1. The molecule has 1 unspecified atom stereocenters. The molecule has 1 atom stereocenters. The van der Waals surface area contributed by atoms with Crippen molar-refractivity contribution < 1.29 is 4.79 Å². The van der Waals surface area contributed by atoms with E-state index in [9.17, 15) is 4.79 Å². The summed E-state index contributed by atoms with van der Waals surface area (Å²) in [6, 6.07) is 3.09. The summed E-state index contributed by atoms with van der Waals surface area (Å²) in [5.41, 5.74) is 6.46. The molecule has 0 spiro atoms. The zero-order valence-electron chi connectivity index (χ0n) is 12.2. The molecule has 6 heteroatoms. The van der Waals surface area contributed by atoms with Crippen molar-refractivity contribution in [3.63, 3.8) is 0 Å². The molecule has 0 saturated carbocycles. The molecule has 3 N–H and O–H groups in total. The predicted octanol–water partition coefficient (Wildman–Crippen LogP) is 3.04. The zero-order valence-corrected chi connectivity index (χ0v) is 13.7. The van der Waals surface area contributed by atoms with E-state index in [0.29, 0.717) is 28.7 Å². The Balaban J connectivity index is 1.89. The molecule has 4 nitrogen and oxygen atoms in total. The van der Waals surface area contributed by atoms with Crippen molar-refractivity contribution in [1.82, 2.24) is 10.2 Å². The molecule has 1 aromatic rings. The van der Waals surface area contributed by atoms with Crippen LogP contribution in [0.3, 0.4) is 0 Å². The van der Waals surface area contributed by atoms with Crippen molar-refractivity contribution >= 4 is 34.8 Å². The van der Waals surface area contributed by atoms with Gasteiger partial charge >= 0.3 is 0 Å². The number of benzene rings is 1. The third-order valence-corrected chi connectivity index (χ3v) is 4.48. The second-order valence-corrected chi connectivity index (χ2v) is 6.47. The predicted molar refractivity (Wildman–Crippen MR) is 88.0 cm³/mol. The molecule has 1 heterocycles. The second-order valence-electron chi connectivity index (χ2n) is 5.69. The van der Waals surface area contributed by atoms with Crippen LogP contribution in [0.4, 0.5) is 5.69 Å². The van der Waals surface area contributed by atoms with Crippen LogP contribution in [0, 0.1) is 5.92 Å². The molecule has 1 aliphatic rings. The first kappa shape index (κ1) is 16.4. The lowest BCUT2D eigenvalue weighted by atomic mass is 10.1. The van der Waals surface area contributed by atoms with Gasteiger partial charge in [-0.15, -0.1) is 0 Å². The highest BCUT2D eigenvalue weighted by Gasteiger charge is 2.17. The summed E-state index contributed by atoms with van der Waals surface area (Å²) in [5.74, 6) is 0.157. The molecule has 2 rings (SSSR count). The maximum absolute atomic E-state index is 12.2. The number of carbonyl (C=O) groups is 1. The summed E-state index contributed by atoms with van der Waals surface area (Å²) < 4.78 is 0. The van der Waals surface area contributed by atoms with Gasteiger partial charge in [0.15, 0.2) is 0 Å². The van der Waals surface area contributed by atoms with Crippen molar-refractivity contribution in [2.45, 2.75) is 19.8 Å². The van der Waals surface area contributed by atoms with Gasteiger partial charge in [-0.05, 0) is 44.0 Å². The molecular weight excluding hydrogens is 309 g/mol. The molecule has 0 radical (unpaired) electrons. The monoisotopic (exact) mass is 329 g/mol. The van der Waals surface area contributed by atoms with E-state index in [2.05, 4.69) is 17.1 Å². The highest BCUT2D eigenvalue weighted by Crippen LogP contribution is 2.28. The largest absolute Gasteiger partial charge is 0.399 e. The number of carbonyl (C=O) groups excluding carboxylic acids is 1. The van der Waals surface area contributed by atoms with Gasteiger partial charge in [-0.2, -0.15) is 0 Å². The molecule has 1 aromatic carbocycles. The van der Waals surface area contributed by atoms with Gasteiger partial charge in [0.25, 0.3) is 5.91 Å². The van der Waals surface area contributed by atoms with Crippen LogP contribution in [0.15, 0.2) is 12.1 Å². The lowest BCUT2D eigenvalue weighted by Crippen LogP contribution is -2.34. The first-order valence-corrected chi connectivity index (χ1v) is 7.98. The van der Waals surface area contributed by atoms with Crippen LogP contribution >= 0.6 is 23.2 Å². The van der Waals surface area contributed by atoms with Crippen LogP contribution in [0.2, 0.25) is 10.0 Å². The summed E-state index contributed by atoms with van der Waals surface area (Å²) in [6.45, 7) is 6.07. The van der Waals surface area contributed by atoms with Crippen LogP contribution < -0.4 is 11.1 Å². The minimum atomic E-state index is -0.234. The van der Waals surface area contributed by atoms with Crippen molar-refractivity contribution in [3.8, 4) is 0 Å². The van der Waals surface area contributed by atoms with Crippen LogP contribution in [0.25, 0.3) is 0 Å². The normalized spacial score (nSPS) is 16.9. The van der Waals surface area contributed by atoms with Crippen LogP contribution in [0.5, 0.6) is 0 Å². The van der Waals surface area contributed by atoms with Gasteiger partial charge in [0.05, 0.1) is 15.6 Å². The summed E-state index contributed by atoms with van der Waals surface area (Å²) >= 11 is 12.0. The molecule has 116 valence electrons. The zero-order chi connectivity index (χ0) is 15.4. The molecule has 1 saturated heterocycles. The highest BCUT2D eigenvalue weighted by atomic mass is 35.5. The van der Waals surface area contributed by atoms with Gasteiger partial charge in [-0.3, -0.25) is 4.79 Å². The summed E-state index contributed by atoms with van der Waals surface area (Å²) in [4.78, 5) is 14.6. The first-order chi connectivity index (χ1) is 9.97. The van der Waals surface area contributed by atoms with Gasteiger partial charge in [0.2, 0.25) is 0 Å². The summed E-state index contributed by atoms with van der Waals surface area (Å²) in [7, 11) is 0. The number of anilines is 1. The third kappa shape index (κ3) is 4.50. The minimum Gasteiger partial charge on any atom is -0.399 e. The molecular formula is C15H21Cl2N3O. The van der Waals surface area contributed by atoms with E-state index in [-0.39, 0.29) is 10.9 Å². The number of hydrogen-bond acceptors (Lipinski definition) is 3. The maximum Gasteiger partial charge on any atom is 0.252 e. The smallest absolute Gasteiger partial charge is 0.252 e. The highest BCUT2D eigenvalue weighted by molar-refractivity contribution is 6.44. The van der Waals surface area contributed by atoms with Gasteiger partial charge < -0.3 is 16.0 Å². The average molecular weight is 330 g/mol. The fourth-order valence-corrected chi connectivity index (χ4v) is 3.03. The Morgan fingerprint density at radius 1 is 1.38 bits per heavy atom. The van der Waals surface area contributed by atoms with Gasteiger partial charge in [0, 0.05) is 18.8 Å². The van der Waals surface area contributed by atoms with Gasteiger partial charge in [0.1, 0.15) is 0 Å². The van der Waals surface area contributed by atoms with Crippen LogP contribution in [-0.4, -0.2) is 37.0 Å². The number of nitrogen functional groups attached to an aromatic ring is 1. The Labute approximate surface area is 135 Å². The third-order valence-electron chi connectivity index (χ3n) is 3.67. The number of nitrogens with zero attached hydrogens (tertiary/aromatic N) is 1. The van der Waals surface area contributed by atoms with Gasteiger partial charge in [-0.25, -0.2) is 0 Å².